The van der Waals surface area contributed by atoms with Crippen LogP contribution in [-0.2, 0) is 6.54 Å². The number of benzene rings is 1. The van der Waals surface area contributed by atoms with Gasteiger partial charge < -0.3 is 13.7 Å². The second-order valence-corrected chi connectivity index (χ2v) is 5.80. The van der Waals surface area contributed by atoms with Crippen molar-refractivity contribution in [2.45, 2.75) is 6.54 Å². The fourth-order valence-electron chi connectivity index (χ4n) is 3.00. The summed E-state index contributed by atoms with van der Waals surface area (Å²) in [4.78, 5) is 16.4. The molecule has 4 rings (SSSR count). The third kappa shape index (κ3) is 2.87. The van der Waals surface area contributed by atoms with E-state index in [1.807, 2.05) is 23.1 Å². The second-order valence-electron chi connectivity index (χ2n) is 5.80. The number of piperazine rings is 1. The molecule has 0 atom stereocenters. The van der Waals surface area contributed by atoms with E-state index in [1.165, 1.54) is 6.26 Å². The van der Waals surface area contributed by atoms with Crippen LogP contribution in [-0.4, -0.2) is 41.9 Å². The van der Waals surface area contributed by atoms with E-state index in [2.05, 4.69) is 17.0 Å². The Balaban J connectivity index is 1.37. The van der Waals surface area contributed by atoms with Crippen molar-refractivity contribution in [3.63, 3.8) is 0 Å². The first-order valence-electron chi connectivity index (χ1n) is 7.82. The fourth-order valence-corrected chi connectivity index (χ4v) is 3.00. The molecule has 1 aromatic carbocycles. The molecule has 1 fully saturated rings. The van der Waals surface area contributed by atoms with Gasteiger partial charge in [-0.2, -0.15) is 0 Å². The quantitative estimate of drug-likeness (QED) is 0.746. The first-order valence-corrected chi connectivity index (χ1v) is 7.82. The summed E-state index contributed by atoms with van der Waals surface area (Å²) in [6.07, 6.45) is 1.53. The van der Waals surface area contributed by atoms with Gasteiger partial charge in [-0.25, -0.2) is 0 Å². The van der Waals surface area contributed by atoms with Gasteiger partial charge in [0.25, 0.3) is 5.91 Å². The number of para-hydroxylation sites is 1. The molecule has 5 heteroatoms. The molecule has 0 spiro atoms. The molecule has 0 saturated carbocycles. The predicted molar refractivity (Wildman–Crippen MR) is 86.1 cm³/mol. The van der Waals surface area contributed by atoms with Crippen LogP contribution in [0.2, 0.25) is 0 Å². The summed E-state index contributed by atoms with van der Waals surface area (Å²) in [7, 11) is 0. The van der Waals surface area contributed by atoms with Crippen LogP contribution >= 0.6 is 0 Å². The van der Waals surface area contributed by atoms with Crippen LogP contribution in [0.1, 0.15) is 16.3 Å². The molecule has 1 amide bonds. The van der Waals surface area contributed by atoms with Gasteiger partial charge >= 0.3 is 0 Å². The van der Waals surface area contributed by atoms with E-state index in [0.29, 0.717) is 18.8 Å². The maximum absolute atomic E-state index is 12.2. The van der Waals surface area contributed by atoms with Crippen LogP contribution in [0.25, 0.3) is 11.0 Å². The predicted octanol–water partition coefficient (Wildman–Crippen LogP) is 2.98. The largest absolute Gasteiger partial charge is 0.460 e. The Kier molecular flexibility index (Phi) is 3.63. The van der Waals surface area contributed by atoms with Crippen LogP contribution in [0.4, 0.5) is 0 Å². The molecular formula is C18H18N2O3. The second kappa shape index (κ2) is 5.93. The molecule has 5 nitrogen and oxygen atoms in total. The van der Waals surface area contributed by atoms with Crippen LogP contribution in [0, 0.1) is 0 Å². The van der Waals surface area contributed by atoms with Crippen LogP contribution in [0.5, 0.6) is 0 Å². The number of nitrogens with zero attached hydrogens (tertiary/aromatic N) is 2. The Bertz CT molecular complexity index is 766. The number of fused-ring (bicyclic) bond motifs is 1. The van der Waals surface area contributed by atoms with E-state index >= 15 is 0 Å². The van der Waals surface area contributed by atoms with Crippen molar-refractivity contribution in [1.29, 1.82) is 0 Å². The lowest BCUT2D eigenvalue weighted by Gasteiger charge is -2.33. The Morgan fingerprint density at radius 3 is 2.61 bits per heavy atom. The number of hydrogen-bond donors (Lipinski definition) is 0. The van der Waals surface area contributed by atoms with E-state index in [0.717, 1.165) is 36.4 Å². The molecule has 1 saturated heterocycles. The zero-order chi connectivity index (χ0) is 15.6. The molecular weight excluding hydrogens is 292 g/mol. The van der Waals surface area contributed by atoms with E-state index in [1.54, 1.807) is 12.1 Å². The Labute approximate surface area is 134 Å². The van der Waals surface area contributed by atoms with E-state index in [-0.39, 0.29) is 5.91 Å². The Morgan fingerprint density at radius 1 is 1.04 bits per heavy atom. The topological polar surface area (TPSA) is 49.8 Å². The summed E-state index contributed by atoms with van der Waals surface area (Å²) < 4.78 is 11.1. The number of amides is 1. The normalized spacial score (nSPS) is 16.1. The summed E-state index contributed by atoms with van der Waals surface area (Å²) in [5.74, 6) is 1.35. The third-order valence-electron chi connectivity index (χ3n) is 4.25. The molecule has 2 aromatic heterocycles. The molecule has 3 aromatic rings. The van der Waals surface area contributed by atoms with Crippen molar-refractivity contribution in [2.75, 3.05) is 26.2 Å². The van der Waals surface area contributed by atoms with Crippen molar-refractivity contribution in [2.24, 2.45) is 0 Å². The van der Waals surface area contributed by atoms with Gasteiger partial charge in [-0.3, -0.25) is 9.69 Å². The van der Waals surface area contributed by atoms with Gasteiger partial charge in [-0.1, -0.05) is 18.2 Å². The molecule has 0 N–H and O–H groups in total. The first kappa shape index (κ1) is 14.1. The van der Waals surface area contributed by atoms with Crippen molar-refractivity contribution in [3.8, 4) is 0 Å². The van der Waals surface area contributed by atoms with Crippen molar-refractivity contribution in [1.82, 2.24) is 9.80 Å². The highest BCUT2D eigenvalue weighted by molar-refractivity contribution is 5.91. The van der Waals surface area contributed by atoms with Gasteiger partial charge in [0.2, 0.25) is 0 Å². The average molecular weight is 310 g/mol. The number of furan rings is 2. The first-order chi connectivity index (χ1) is 11.3. The van der Waals surface area contributed by atoms with Crippen molar-refractivity contribution >= 4 is 16.9 Å². The van der Waals surface area contributed by atoms with E-state index in [4.69, 9.17) is 8.83 Å². The van der Waals surface area contributed by atoms with Gasteiger partial charge in [0.1, 0.15) is 11.3 Å². The molecule has 0 unspecified atom stereocenters. The van der Waals surface area contributed by atoms with Crippen molar-refractivity contribution in [3.05, 3.63) is 60.2 Å². The van der Waals surface area contributed by atoms with E-state index < -0.39 is 0 Å². The zero-order valence-corrected chi connectivity index (χ0v) is 12.8. The third-order valence-corrected chi connectivity index (χ3v) is 4.25. The van der Waals surface area contributed by atoms with Crippen molar-refractivity contribution < 1.29 is 13.6 Å². The fraction of sp³-hybridized carbons (Fsp3) is 0.278. The summed E-state index contributed by atoms with van der Waals surface area (Å²) in [5.41, 5.74) is 0.925. The SMILES string of the molecule is O=C(c1ccco1)N1CCN(Cc2cc3ccccc3o2)CC1. The minimum atomic E-state index is -0.0293. The van der Waals surface area contributed by atoms with Gasteiger partial charge in [0.05, 0.1) is 12.8 Å². The Morgan fingerprint density at radius 2 is 1.87 bits per heavy atom. The van der Waals surface area contributed by atoms with Crippen LogP contribution in [0.3, 0.4) is 0 Å². The highest BCUT2D eigenvalue weighted by Gasteiger charge is 2.24. The summed E-state index contributed by atoms with van der Waals surface area (Å²) in [6.45, 7) is 3.87. The number of carbonyl (C=O) groups is 1. The van der Waals surface area contributed by atoms with E-state index in [9.17, 15) is 4.79 Å². The molecule has 23 heavy (non-hydrogen) atoms. The standard InChI is InChI=1S/C18H18N2O3/c21-18(17-6-3-11-22-17)20-9-7-19(8-10-20)13-15-12-14-4-1-2-5-16(14)23-15/h1-6,11-12H,7-10,13H2. The molecule has 0 aliphatic carbocycles. The number of carbonyl (C=O) groups excluding carboxylic acids is 1. The maximum atomic E-state index is 12.2. The lowest BCUT2D eigenvalue weighted by Crippen LogP contribution is -2.48. The monoisotopic (exact) mass is 310 g/mol. The molecule has 0 bridgehead atoms. The number of hydrogen-bond acceptors (Lipinski definition) is 4. The molecule has 0 radical (unpaired) electrons. The number of rotatable bonds is 3. The lowest BCUT2D eigenvalue weighted by molar-refractivity contribution is 0.0590. The van der Waals surface area contributed by atoms with Crippen LogP contribution in [0.15, 0.2) is 57.6 Å². The Hall–Kier alpha value is -2.53. The molecule has 1 aliphatic rings. The van der Waals surface area contributed by atoms with Gasteiger partial charge in [-0.15, -0.1) is 0 Å². The smallest absolute Gasteiger partial charge is 0.289 e. The van der Waals surface area contributed by atoms with Gasteiger partial charge in [-0.05, 0) is 24.3 Å². The summed E-state index contributed by atoms with van der Waals surface area (Å²) in [6, 6.07) is 13.6. The molecule has 3 heterocycles. The minimum Gasteiger partial charge on any atom is -0.460 e. The summed E-state index contributed by atoms with van der Waals surface area (Å²) >= 11 is 0. The lowest BCUT2D eigenvalue weighted by atomic mass is 10.2. The zero-order valence-electron chi connectivity index (χ0n) is 12.8. The highest BCUT2D eigenvalue weighted by atomic mass is 16.3. The summed E-state index contributed by atoms with van der Waals surface area (Å²) in [5, 5.41) is 1.13. The molecule has 1 aliphatic heterocycles. The van der Waals surface area contributed by atoms with Crippen LogP contribution < -0.4 is 0 Å². The minimum absolute atomic E-state index is 0.0293. The average Bonchev–Trinajstić information content (AvgIpc) is 3.24. The molecule has 118 valence electrons. The van der Waals surface area contributed by atoms with Gasteiger partial charge in [0, 0.05) is 31.6 Å². The highest BCUT2D eigenvalue weighted by Crippen LogP contribution is 2.20. The maximum Gasteiger partial charge on any atom is 0.289 e. The van der Waals surface area contributed by atoms with Gasteiger partial charge in [0.15, 0.2) is 5.76 Å².